The lowest BCUT2D eigenvalue weighted by molar-refractivity contribution is 0.0257. The van der Waals surface area contributed by atoms with E-state index in [0.29, 0.717) is 28.4 Å². The maximum Gasteiger partial charge on any atom is 0.339 e. The molecule has 188 valence electrons. The van der Waals surface area contributed by atoms with Gasteiger partial charge in [-0.1, -0.05) is 30.3 Å². The van der Waals surface area contributed by atoms with E-state index in [-0.39, 0.29) is 11.3 Å². The number of carbonyl (C=O) groups is 2. The van der Waals surface area contributed by atoms with Crippen molar-refractivity contribution >= 4 is 11.8 Å². The van der Waals surface area contributed by atoms with Crippen LogP contribution in [0.1, 0.15) is 60.6 Å². The predicted octanol–water partition coefficient (Wildman–Crippen LogP) is 5.52. The Morgan fingerprint density at radius 3 is 1.94 bits per heavy atom. The van der Waals surface area contributed by atoms with Gasteiger partial charge in [0.2, 0.25) is 5.75 Å². The number of hydrogen-bond acceptors (Lipinski definition) is 7. The molecule has 4 rings (SSSR count). The van der Waals surface area contributed by atoms with E-state index in [9.17, 15) is 9.59 Å². The fourth-order valence-corrected chi connectivity index (χ4v) is 5.00. The van der Waals surface area contributed by atoms with Crippen LogP contribution < -0.4 is 18.9 Å². The summed E-state index contributed by atoms with van der Waals surface area (Å²) in [6, 6.07) is 12.3. The van der Waals surface area contributed by atoms with Gasteiger partial charge in [0.1, 0.15) is 11.9 Å². The number of esters is 1. The second-order valence-electron chi connectivity index (χ2n) is 8.74. The lowest BCUT2D eigenvalue weighted by Gasteiger charge is -2.24. The molecule has 0 N–H and O–H groups in total. The molecule has 0 aliphatic heterocycles. The molecule has 3 aromatic rings. The van der Waals surface area contributed by atoms with Gasteiger partial charge in [-0.3, -0.25) is 4.79 Å². The van der Waals surface area contributed by atoms with Crippen LogP contribution in [0.25, 0.3) is 0 Å². The summed E-state index contributed by atoms with van der Waals surface area (Å²) < 4.78 is 27.8. The Balaban J connectivity index is 1.81. The third-order valence-corrected chi connectivity index (χ3v) is 6.86. The van der Waals surface area contributed by atoms with E-state index >= 15 is 0 Å². The Labute approximate surface area is 210 Å². The van der Waals surface area contributed by atoms with Crippen molar-refractivity contribution in [2.24, 2.45) is 0 Å². The summed E-state index contributed by atoms with van der Waals surface area (Å²) in [4.78, 5) is 27.1. The van der Waals surface area contributed by atoms with E-state index in [1.165, 1.54) is 33.5 Å². The van der Waals surface area contributed by atoms with Crippen LogP contribution in [0.15, 0.2) is 42.5 Å². The van der Waals surface area contributed by atoms with Crippen LogP contribution in [0.5, 0.6) is 23.0 Å². The van der Waals surface area contributed by atoms with Crippen LogP contribution in [-0.4, -0.2) is 40.2 Å². The fourth-order valence-electron chi connectivity index (χ4n) is 5.00. The minimum atomic E-state index is -0.800. The SMILES string of the molecule is COc1cc(C(=O)OC2c3ccccc3C(=O)C2c2cc(C)c(OC)c(C)c2C)cc(OC)c1OC. The Kier molecular flexibility index (Phi) is 6.93. The third kappa shape index (κ3) is 4.04. The molecule has 7 nitrogen and oxygen atoms in total. The maximum atomic E-state index is 13.7. The highest BCUT2D eigenvalue weighted by Crippen LogP contribution is 2.48. The van der Waals surface area contributed by atoms with Gasteiger partial charge in [-0.15, -0.1) is 0 Å². The van der Waals surface area contributed by atoms with E-state index in [1.54, 1.807) is 13.2 Å². The molecule has 0 fully saturated rings. The molecule has 0 amide bonds. The lowest BCUT2D eigenvalue weighted by Crippen LogP contribution is -2.19. The van der Waals surface area contributed by atoms with Crippen molar-refractivity contribution in [1.82, 2.24) is 0 Å². The molecule has 2 atom stereocenters. The highest BCUT2D eigenvalue weighted by atomic mass is 16.5. The largest absolute Gasteiger partial charge is 0.496 e. The summed E-state index contributed by atoms with van der Waals surface area (Å²) in [5.41, 5.74) is 5.06. The van der Waals surface area contributed by atoms with E-state index in [2.05, 4.69) is 0 Å². The first kappa shape index (κ1) is 25.1. The molecule has 0 saturated carbocycles. The Morgan fingerprint density at radius 1 is 0.750 bits per heavy atom. The summed E-state index contributed by atoms with van der Waals surface area (Å²) in [6.07, 6.45) is -0.800. The van der Waals surface area contributed by atoms with E-state index in [1.807, 2.05) is 45.0 Å². The molecule has 3 aromatic carbocycles. The number of hydrogen-bond donors (Lipinski definition) is 0. The molecule has 7 heteroatoms. The average Bonchev–Trinajstić information content (AvgIpc) is 3.16. The molecule has 1 aliphatic carbocycles. The number of methoxy groups -OCH3 is 4. The quantitative estimate of drug-likeness (QED) is 0.403. The van der Waals surface area contributed by atoms with Crippen LogP contribution in [0, 0.1) is 20.8 Å². The zero-order chi connectivity index (χ0) is 26.1. The summed E-state index contributed by atoms with van der Waals surface area (Å²) in [5.74, 6) is 0.451. The van der Waals surface area contributed by atoms with Gasteiger partial charge in [0, 0.05) is 11.1 Å². The van der Waals surface area contributed by atoms with Crippen LogP contribution in [0.2, 0.25) is 0 Å². The van der Waals surface area contributed by atoms with Gasteiger partial charge in [-0.05, 0) is 55.2 Å². The molecule has 2 unspecified atom stereocenters. The van der Waals surface area contributed by atoms with Crippen molar-refractivity contribution in [3.63, 3.8) is 0 Å². The Morgan fingerprint density at radius 2 is 1.36 bits per heavy atom. The smallest absolute Gasteiger partial charge is 0.339 e. The van der Waals surface area contributed by atoms with E-state index in [0.717, 1.165) is 28.0 Å². The molecule has 0 saturated heterocycles. The molecule has 1 aliphatic rings. The van der Waals surface area contributed by atoms with Gasteiger partial charge >= 0.3 is 5.97 Å². The van der Waals surface area contributed by atoms with Crippen molar-refractivity contribution in [2.75, 3.05) is 28.4 Å². The van der Waals surface area contributed by atoms with Crippen molar-refractivity contribution < 1.29 is 33.3 Å². The first-order valence-corrected chi connectivity index (χ1v) is 11.6. The van der Waals surface area contributed by atoms with E-state index < -0.39 is 18.0 Å². The standard InChI is InChI=1S/C29H30O7/c1-15-12-21(16(2)17(3)26(15)34-6)24-25(30)19-10-8-9-11-20(19)27(24)36-29(31)18-13-22(32-4)28(35-7)23(14-18)33-5/h8-14,24,27H,1-7H3. The number of ketones is 1. The molecular weight excluding hydrogens is 460 g/mol. The second kappa shape index (κ2) is 9.93. The first-order chi connectivity index (χ1) is 17.3. The van der Waals surface area contributed by atoms with Crippen LogP contribution in [0.4, 0.5) is 0 Å². The number of ether oxygens (including phenoxy) is 5. The predicted molar refractivity (Wildman–Crippen MR) is 135 cm³/mol. The number of aryl methyl sites for hydroxylation is 1. The summed E-state index contributed by atoms with van der Waals surface area (Å²) >= 11 is 0. The minimum Gasteiger partial charge on any atom is -0.496 e. The zero-order valence-corrected chi connectivity index (χ0v) is 21.6. The molecule has 0 radical (unpaired) electrons. The molecule has 36 heavy (non-hydrogen) atoms. The molecule has 0 bridgehead atoms. The number of benzene rings is 3. The highest BCUT2D eigenvalue weighted by molar-refractivity contribution is 6.07. The first-order valence-electron chi connectivity index (χ1n) is 11.6. The van der Waals surface area contributed by atoms with Gasteiger partial charge in [-0.25, -0.2) is 4.79 Å². The fraction of sp³-hybridized carbons (Fsp3) is 0.310. The van der Waals surface area contributed by atoms with Crippen molar-refractivity contribution in [3.05, 3.63) is 81.4 Å². The summed E-state index contributed by atoms with van der Waals surface area (Å²) in [7, 11) is 6.08. The van der Waals surface area contributed by atoms with Crippen LogP contribution >= 0.6 is 0 Å². The van der Waals surface area contributed by atoms with Gasteiger partial charge < -0.3 is 23.7 Å². The molecule has 0 spiro atoms. The zero-order valence-electron chi connectivity index (χ0n) is 21.6. The number of rotatable bonds is 7. The number of fused-ring (bicyclic) bond motifs is 1. The van der Waals surface area contributed by atoms with Gasteiger partial charge in [-0.2, -0.15) is 0 Å². The topological polar surface area (TPSA) is 80.3 Å². The molecule has 0 aromatic heterocycles. The Hall–Kier alpha value is -4.00. The number of carbonyl (C=O) groups excluding carboxylic acids is 2. The Bertz CT molecular complexity index is 1320. The van der Waals surface area contributed by atoms with Crippen molar-refractivity contribution in [3.8, 4) is 23.0 Å². The lowest BCUT2D eigenvalue weighted by atomic mass is 9.86. The van der Waals surface area contributed by atoms with E-state index in [4.69, 9.17) is 23.7 Å². The van der Waals surface area contributed by atoms with Crippen LogP contribution in [-0.2, 0) is 4.74 Å². The average molecular weight is 491 g/mol. The monoisotopic (exact) mass is 490 g/mol. The minimum absolute atomic E-state index is 0.0830. The van der Waals surface area contributed by atoms with Crippen LogP contribution in [0.3, 0.4) is 0 Å². The van der Waals surface area contributed by atoms with Gasteiger partial charge in [0.15, 0.2) is 17.3 Å². The normalized spacial score (nSPS) is 16.4. The molecular formula is C29H30O7. The number of Topliss-reactive ketones (excluding diaryl/α,β-unsaturated/α-hetero) is 1. The second-order valence-corrected chi connectivity index (χ2v) is 8.74. The van der Waals surface area contributed by atoms with Crippen molar-refractivity contribution in [2.45, 2.75) is 32.8 Å². The maximum absolute atomic E-state index is 13.7. The summed E-state index contributed by atoms with van der Waals surface area (Å²) in [5, 5.41) is 0. The molecule has 0 heterocycles. The summed E-state index contributed by atoms with van der Waals surface area (Å²) in [6.45, 7) is 5.87. The van der Waals surface area contributed by atoms with Gasteiger partial charge in [0.25, 0.3) is 0 Å². The third-order valence-electron chi connectivity index (χ3n) is 6.86. The highest BCUT2D eigenvalue weighted by Gasteiger charge is 2.44. The van der Waals surface area contributed by atoms with Gasteiger partial charge in [0.05, 0.1) is 39.9 Å². The van der Waals surface area contributed by atoms with Crippen molar-refractivity contribution in [1.29, 1.82) is 0 Å².